The second-order valence-corrected chi connectivity index (χ2v) is 13.1. The van der Waals surface area contributed by atoms with Gasteiger partial charge in [-0.3, -0.25) is 29.4 Å². The van der Waals surface area contributed by atoms with Crippen molar-refractivity contribution in [1.29, 1.82) is 0 Å². The summed E-state index contributed by atoms with van der Waals surface area (Å²) in [5, 5.41) is 0. The Bertz CT molecular complexity index is 990. The first-order valence-corrected chi connectivity index (χ1v) is 16.3. The smallest absolute Gasteiger partial charge is 0.0234 e. The molecule has 0 aliphatic carbocycles. The summed E-state index contributed by atoms with van der Waals surface area (Å²) in [5.41, 5.74) is 8.67. The first-order chi connectivity index (χ1) is 20.7. The minimum absolute atomic E-state index is 1.07. The van der Waals surface area contributed by atoms with Gasteiger partial charge >= 0.3 is 0 Å². The Labute approximate surface area is 253 Å². The summed E-state index contributed by atoms with van der Waals surface area (Å²) in [6.45, 7) is 20.2. The first kappa shape index (κ1) is 28.2. The number of piperazine rings is 3. The fourth-order valence-corrected chi connectivity index (χ4v) is 7.12. The molecular weight excluding hydrogens is 516 g/mol. The van der Waals surface area contributed by atoms with Crippen LogP contribution >= 0.6 is 0 Å². The molecule has 0 unspecified atom stereocenters. The maximum Gasteiger partial charge on any atom is 0.0234 e. The molecule has 42 heavy (non-hydrogen) atoms. The lowest BCUT2D eigenvalue weighted by molar-refractivity contribution is 0.120. The minimum Gasteiger partial charge on any atom is -0.297 e. The maximum atomic E-state index is 2.63. The molecule has 0 N–H and O–H groups in total. The lowest BCUT2D eigenvalue weighted by atomic mass is 10.1. The third-order valence-electron chi connectivity index (χ3n) is 9.90. The molecule has 19 heterocycles. The molecule has 19 aliphatic rings. The molecular formula is C36H48N6. The molecule has 222 valence electrons. The van der Waals surface area contributed by atoms with Gasteiger partial charge in [0.15, 0.2) is 0 Å². The largest absolute Gasteiger partial charge is 0.297 e. The summed E-state index contributed by atoms with van der Waals surface area (Å²) < 4.78 is 0. The summed E-state index contributed by atoms with van der Waals surface area (Å²) in [6, 6.07) is 28.4. The van der Waals surface area contributed by atoms with E-state index in [1.54, 1.807) is 0 Å². The molecule has 0 amide bonds. The standard InChI is InChI=1S/C36H48N6/c1-2-32-4-3-31(1)25-37-13-15-39(16-14-37)27-33-5-7-35(8-6-33)29-41-21-23-42(24-22-41)30-36-11-9-34(10-12-36)28-40-19-17-38(26-32)18-20-40/h1-12H,13-30H2. The Kier molecular flexibility index (Phi) is 8.98. The van der Waals surface area contributed by atoms with Crippen molar-refractivity contribution in [1.82, 2.24) is 29.4 Å². The zero-order valence-corrected chi connectivity index (χ0v) is 25.3. The number of nitrogens with zero attached hydrogens (tertiary/aromatic N) is 6. The van der Waals surface area contributed by atoms with Crippen LogP contribution in [0, 0.1) is 0 Å². The van der Waals surface area contributed by atoms with E-state index >= 15 is 0 Å². The Morgan fingerprint density at radius 1 is 0.214 bits per heavy atom. The van der Waals surface area contributed by atoms with Gasteiger partial charge in [0.2, 0.25) is 0 Å². The third-order valence-corrected chi connectivity index (χ3v) is 9.90. The molecule has 12 bridgehead atoms. The van der Waals surface area contributed by atoms with Crippen molar-refractivity contribution >= 4 is 0 Å². The zero-order chi connectivity index (χ0) is 28.1. The molecule has 0 saturated carbocycles. The lowest BCUT2D eigenvalue weighted by Gasteiger charge is -2.35. The fourth-order valence-electron chi connectivity index (χ4n) is 7.12. The van der Waals surface area contributed by atoms with E-state index in [2.05, 4.69) is 102 Å². The van der Waals surface area contributed by atoms with Gasteiger partial charge in [-0.2, -0.15) is 0 Å². The maximum absolute atomic E-state index is 2.63. The monoisotopic (exact) mass is 564 g/mol. The molecule has 3 saturated heterocycles. The van der Waals surface area contributed by atoms with Gasteiger partial charge in [0.25, 0.3) is 0 Å². The van der Waals surface area contributed by atoms with E-state index in [-0.39, 0.29) is 0 Å². The fraction of sp³-hybridized carbons (Fsp3) is 0.500. The van der Waals surface area contributed by atoms with Crippen LogP contribution in [0.3, 0.4) is 0 Å². The number of hydrogen-bond acceptors (Lipinski definition) is 6. The summed E-state index contributed by atoms with van der Waals surface area (Å²) in [5.74, 6) is 0. The normalized spacial score (nSPS) is 30.6. The van der Waals surface area contributed by atoms with Crippen molar-refractivity contribution in [2.75, 3.05) is 78.5 Å². The van der Waals surface area contributed by atoms with Crippen LogP contribution in [-0.4, -0.2) is 108 Å². The Hall–Kier alpha value is -2.58. The molecule has 3 aromatic rings. The van der Waals surface area contributed by atoms with Crippen LogP contribution in [-0.2, 0) is 39.3 Å². The quantitative estimate of drug-likeness (QED) is 0.409. The van der Waals surface area contributed by atoms with Crippen molar-refractivity contribution in [2.45, 2.75) is 39.3 Å². The SMILES string of the molecule is c1cc2ccc1CN1CCN(CC1)Cc1ccc(cc1)CN1CCN(CC1)Cc1ccc(cc1)CN1CCN(CC1)C2. The van der Waals surface area contributed by atoms with E-state index in [4.69, 9.17) is 0 Å². The van der Waals surface area contributed by atoms with Gasteiger partial charge < -0.3 is 0 Å². The average Bonchev–Trinajstić information content (AvgIpc) is 3.03. The topological polar surface area (TPSA) is 19.4 Å². The summed E-state index contributed by atoms with van der Waals surface area (Å²) in [6.07, 6.45) is 0. The van der Waals surface area contributed by atoms with Crippen LogP contribution in [0.1, 0.15) is 33.4 Å². The summed E-state index contributed by atoms with van der Waals surface area (Å²) in [4.78, 5) is 15.8. The van der Waals surface area contributed by atoms with E-state index in [1.807, 2.05) is 0 Å². The molecule has 19 aliphatic heterocycles. The Morgan fingerprint density at radius 2 is 0.333 bits per heavy atom. The average molecular weight is 565 g/mol. The molecule has 0 atom stereocenters. The van der Waals surface area contributed by atoms with Crippen LogP contribution in [0.2, 0.25) is 0 Å². The minimum atomic E-state index is 1.07. The highest BCUT2D eigenvalue weighted by atomic mass is 15.3. The van der Waals surface area contributed by atoms with Crippen molar-refractivity contribution in [3.8, 4) is 0 Å². The Morgan fingerprint density at radius 3 is 0.452 bits per heavy atom. The zero-order valence-electron chi connectivity index (χ0n) is 25.3. The number of hydrogen-bond donors (Lipinski definition) is 0. The highest BCUT2D eigenvalue weighted by Gasteiger charge is 2.20. The van der Waals surface area contributed by atoms with E-state index in [0.717, 1.165) is 118 Å². The van der Waals surface area contributed by atoms with E-state index < -0.39 is 0 Å². The molecule has 22 rings (SSSR count). The highest BCUT2D eigenvalue weighted by molar-refractivity contribution is 5.25. The molecule has 6 heteroatoms. The third kappa shape index (κ3) is 7.49. The molecule has 3 fully saturated rings. The van der Waals surface area contributed by atoms with Crippen LogP contribution in [0.25, 0.3) is 0 Å². The summed E-state index contributed by atoms with van der Waals surface area (Å²) >= 11 is 0. The van der Waals surface area contributed by atoms with Gasteiger partial charge in [0.1, 0.15) is 0 Å². The van der Waals surface area contributed by atoms with Crippen LogP contribution in [0.4, 0.5) is 0 Å². The molecule has 0 radical (unpaired) electrons. The van der Waals surface area contributed by atoms with Gasteiger partial charge in [-0.1, -0.05) is 72.8 Å². The highest BCUT2D eigenvalue weighted by Crippen LogP contribution is 2.18. The predicted molar refractivity (Wildman–Crippen MR) is 171 cm³/mol. The van der Waals surface area contributed by atoms with E-state index in [1.165, 1.54) is 33.4 Å². The van der Waals surface area contributed by atoms with Crippen molar-refractivity contribution in [3.63, 3.8) is 0 Å². The van der Waals surface area contributed by atoms with Crippen molar-refractivity contribution < 1.29 is 0 Å². The molecule has 3 aromatic carbocycles. The predicted octanol–water partition coefficient (Wildman–Crippen LogP) is 3.95. The summed E-state index contributed by atoms with van der Waals surface area (Å²) in [7, 11) is 0. The Balaban J connectivity index is 1.01. The van der Waals surface area contributed by atoms with Crippen LogP contribution in [0.5, 0.6) is 0 Å². The van der Waals surface area contributed by atoms with Gasteiger partial charge in [-0.15, -0.1) is 0 Å². The van der Waals surface area contributed by atoms with E-state index in [9.17, 15) is 0 Å². The lowest BCUT2D eigenvalue weighted by Crippen LogP contribution is -2.45. The van der Waals surface area contributed by atoms with Gasteiger partial charge in [-0.05, 0) is 33.4 Å². The van der Waals surface area contributed by atoms with Crippen molar-refractivity contribution in [3.05, 3.63) is 106 Å². The van der Waals surface area contributed by atoms with Crippen LogP contribution < -0.4 is 0 Å². The molecule has 0 spiro atoms. The van der Waals surface area contributed by atoms with Gasteiger partial charge in [-0.25, -0.2) is 0 Å². The second kappa shape index (κ2) is 13.4. The van der Waals surface area contributed by atoms with Crippen LogP contribution in [0.15, 0.2) is 72.8 Å². The molecule has 0 aromatic heterocycles. The first-order valence-electron chi connectivity index (χ1n) is 16.3. The number of rotatable bonds is 0. The van der Waals surface area contributed by atoms with Gasteiger partial charge in [0, 0.05) is 118 Å². The van der Waals surface area contributed by atoms with E-state index in [0.29, 0.717) is 0 Å². The molecule has 6 nitrogen and oxygen atoms in total. The van der Waals surface area contributed by atoms with Gasteiger partial charge in [0.05, 0.1) is 0 Å². The van der Waals surface area contributed by atoms with Crippen molar-refractivity contribution in [2.24, 2.45) is 0 Å². The second-order valence-electron chi connectivity index (χ2n) is 13.1. The number of benzene rings is 3.